The van der Waals surface area contributed by atoms with Crippen LogP contribution in [0.3, 0.4) is 0 Å². The molecule has 0 aliphatic heterocycles. The standard InChI is InChI=1S/C14H23NO3/c16-13(7-3-6-11-4-1-2-5-11)15(10-14(17)18)12-8-9-12/h11-12H,1-10H2,(H,17,18). The Labute approximate surface area is 108 Å². The predicted molar refractivity (Wildman–Crippen MR) is 68.2 cm³/mol. The maximum Gasteiger partial charge on any atom is 0.323 e. The molecular formula is C14H23NO3. The molecule has 4 nitrogen and oxygen atoms in total. The van der Waals surface area contributed by atoms with E-state index in [1.54, 1.807) is 4.90 Å². The average Bonchev–Trinajstić information content (AvgIpc) is 3.03. The van der Waals surface area contributed by atoms with Gasteiger partial charge in [0.15, 0.2) is 0 Å². The van der Waals surface area contributed by atoms with Gasteiger partial charge in [0, 0.05) is 12.5 Å². The van der Waals surface area contributed by atoms with Crippen molar-refractivity contribution >= 4 is 11.9 Å². The Balaban J connectivity index is 1.69. The second-order valence-electron chi connectivity index (χ2n) is 5.69. The maximum atomic E-state index is 12.0. The van der Waals surface area contributed by atoms with E-state index in [-0.39, 0.29) is 18.5 Å². The molecule has 1 N–H and O–H groups in total. The summed E-state index contributed by atoms with van der Waals surface area (Å²) in [6.07, 6.45) is 9.84. The molecule has 0 aromatic rings. The Kier molecular flexibility index (Phi) is 4.61. The summed E-state index contributed by atoms with van der Waals surface area (Å²) < 4.78 is 0. The number of carboxylic acids is 1. The van der Waals surface area contributed by atoms with Crippen molar-refractivity contribution in [3.63, 3.8) is 0 Å². The summed E-state index contributed by atoms with van der Waals surface area (Å²) in [5.41, 5.74) is 0. The van der Waals surface area contributed by atoms with Crippen molar-refractivity contribution in [2.24, 2.45) is 5.92 Å². The number of aliphatic carboxylic acids is 1. The van der Waals surface area contributed by atoms with Gasteiger partial charge in [-0.2, -0.15) is 0 Å². The Morgan fingerprint density at radius 2 is 1.78 bits per heavy atom. The van der Waals surface area contributed by atoms with Gasteiger partial charge in [-0.15, -0.1) is 0 Å². The maximum absolute atomic E-state index is 12.0. The van der Waals surface area contributed by atoms with Gasteiger partial charge in [0.2, 0.25) is 5.91 Å². The molecule has 0 aromatic heterocycles. The Morgan fingerprint density at radius 3 is 2.33 bits per heavy atom. The number of nitrogens with zero attached hydrogens (tertiary/aromatic N) is 1. The highest BCUT2D eigenvalue weighted by molar-refractivity contribution is 5.81. The first kappa shape index (κ1) is 13.4. The molecule has 0 radical (unpaired) electrons. The lowest BCUT2D eigenvalue weighted by atomic mass is 10.0. The Morgan fingerprint density at radius 1 is 1.11 bits per heavy atom. The molecule has 0 saturated heterocycles. The lowest BCUT2D eigenvalue weighted by molar-refractivity contribution is -0.145. The summed E-state index contributed by atoms with van der Waals surface area (Å²) in [5, 5.41) is 8.81. The van der Waals surface area contributed by atoms with Crippen molar-refractivity contribution in [1.82, 2.24) is 4.90 Å². The van der Waals surface area contributed by atoms with E-state index in [0.717, 1.165) is 31.6 Å². The molecule has 0 bridgehead atoms. The largest absolute Gasteiger partial charge is 0.480 e. The molecule has 1 amide bonds. The second-order valence-corrected chi connectivity index (χ2v) is 5.69. The highest BCUT2D eigenvalue weighted by Crippen LogP contribution is 2.30. The van der Waals surface area contributed by atoms with Gasteiger partial charge in [-0.3, -0.25) is 9.59 Å². The van der Waals surface area contributed by atoms with Crippen LogP contribution in [0.15, 0.2) is 0 Å². The molecule has 2 saturated carbocycles. The van der Waals surface area contributed by atoms with Crippen LogP contribution >= 0.6 is 0 Å². The molecule has 0 spiro atoms. The monoisotopic (exact) mass is 253 g/mol. The summed E-state index contributed by atoms with van der Waals surface area (Å²) in [7, 11) is 0. The molecule has 2 aliphatic carbocycles. The molecule has 0 unspecified atom stereocenters. The number of hydrogen-bond donors (Lipinski definition) is 1. The molecule has 18 heavy (non-hydrogen) atoms. The predicted octanol–water partition coefficient (Wildman–Crippen LogP) is 2.42. The third-order valence-electron chi connectivity index (χ3n) is 4.09. The lowest BCUT2D eigenvalue weighted by Gasteiger charge is -2.20. The van der Waals surface area contributed by atoms with E-state index in [0.29, 0.717) is 6.42 Å². The summed E-state index contributed by atoms with van der Waals surface area (Å²) in [4.78, 5) is 24.3. The first-order valence-electron chi connectivity index (χ1n) is 7.18. The van der Waals surface area contributed by atoms with Gasteiger partial charge >= 0.3 is 5.97 Å². The topological polar surface area (TPSA) is 57.6 Å². The third kappa shape index (κ3) is 4.00. The Bertz CT molecular complexity index is 306. The van der Waals surface area contributed by atoms with Crippen LogP contribution in [-0.4, -0.2) is 34.5 Å². The van der Waals surface area contributed by atoms with Gasteiger partial charge in [-0.05, 0) is 31.6 Å². The number of carbonyl (C=O) groups is 2. The van der Waals surface area contributed by atoms with Crippen molar-refractivity contribution in [3.05, 3.63) is 0 Å². The SMILES string of the molecule is O=C(O)CN(C(=O)CCCC1CCCC1)C1CC1. The van der Waals surface area contributed by atoms with Gasteiger partial charge in [0.1, 0.15) is 6.54 Å². The van der Waals surface area contributed by atoms with Gasteiger partial charge in [-0.25, -0.2) is 0 Å². The van der Waals surface area contributed by atoms with E-state index in [9.17, 15) is 9.59 Å². The molecule has 0 heterocycles. The fourth-order valence-corrected chi connectivity index (χ4v) is 2.94. The van der Waals surface area contributed by atoms with Crippen molar-refractivity contribution in [2.75, 3.05) is 6.54 Å². The van der Waals surface area contributed by atoms with Crippen LogP contribution in [0.2, 0.25) is 0 Å². The van der Waals surface area contributed by atoms with Crippen LogP contribution in [0.1, 0.15) is 57.8 Å². The fraction of sp³-hybridized carbons (Fsp3) is 0.857. The van der Waals surface area contributed by atoms with Crippen LogP contribution in [0.4, 0.5) is 0 Å². The number of carbonyl (C=O) groups excluding carboxylic acids is 1. The molecular weight excluding hydrogens is 230 g/mol. The van der Waals surface area contributed by atoms with Gasteiger partial charge in [0.25, 0.3) is 0 Å². The zero-order chi connectivity index (χ0) is 13.0. The van der Waals surface area contributed by atoms with E-state index >= 15 is 0 Å². The van der Waals surface area contributed by atoms with Crippen LogP contribution in [0, 0.1) is 5.92 Å². The first-order chi connectivity index (χ1) is 8.66. The van der Waals surface area contributed by atoms with E-state index in [2.05, 4.69) is 0 Å². The zero-order valence-electron chi connectivity index (χ0n) is 10.9. The highest BCUT2D eigenvalue weighted by Gasteiger charge is 2.33. The fourth-order valence-electron chi connectivity index (χ4n) is 2.94. The van der Waals surface area contributed by atoms with Crippen molar-refractivity contribution in [1.29, 1.82) is 0 Å². The molecule has 4 heteroatoms. The van der Waals surface area contributed by atoms with Crippen molar-refractivity contribution in [3.8, 4) is 0 Å². The van der Waals surface area contributed by atoms with Crippen molar-refractivity contribution in [2.45, 2.75) is 63.8 Å². The van der Waals surface area contributed by atoms with Gasteiger partial charge < -0.3 is 10.0 Å². The zero-order valence-corrected chi connectivity index (χ0v) is 10.9. The molecule has 0 aromatic carbocycles. The van der Waals surface area contributed by atoms with E-state index in [1.165, 1.54) is 25.7 Å². The normalized spacial score (nSPS) is 20.0. The minimum Gasteiger partial charge on any atom is -0.480 e. The Hall–Kier alpha value is -1.06. The third-order valence-corrected chi connectivity index (χ3v) is 4.09. The number of rotatable bonds is 7. The quantitative estimate of drug-likeness (QED) is 0.758. The number of hydrogen-bond acceptors (Lipinski definition) is 2. The number of carboxylic acid groups (broad SMARTS) is 1. The summed E-state index contributed by atoms with van der Waals surface area (Å²) in [6.45, 7) is -0.118. The minimum atomic E-state index is -0.897. The van der Waals surface area contributed by atoms with Crippen LogP contribution in [-0.2, 0) is 9.59 Å². The smallest absolute Gasteiger partial charge is 0.323 e. The van der Waals surface area contributed by atoms with Gasteiger partial charge in [0.05, 0.1) is 0 Å². The van der Waals surface area contributed by atoms with Crippen LogP contribution < -0.4 is 0 Å². The van der Waals surface area contributed by atoms with E-state index in [4.69, 9.17) is 5.11 Å². The minimum absolute atomic E-state index is 0.0397. The molecule has 102 valence electrons. The first-order valence-corrected chi connectivity index (χ1v) is 7.18. The molecule has 2 aliphatic rings. The number of amides is 1. The average molecular weight is 253 g/mol. The second kappa shape index (κ2) is 6.21. The van der Waals surface area contributed by atoms with Gasteiger partial charge in [-0.1, -0.05) is 25.7 Å². The summed E-state index contributed by atoms with van der Waals surface area (Å²) >= 11 is 0. The summed E-state index contributed by atoms with van der Waals surface area (Å²) in [6, 6.07) is 0.208. The van der Waals surface area contributed by atoms with E-state index < -0.39 is 5.97 Å². The summed E-state index contributed by atoms with van der Waals surface area (Å²) in [5.74, 6) is -0.0458. The van der Waals surface area contributed by atoms with E-state index in [1.807, 2.05) is 0 Å². The lowest BCUT2D eigenvalue weighted by Crippen LogP contribution is -2.37. The van der Waals surface area contributed by atoms with Crippen LogP contribution in [0.25, 0.3) is 0 Å². The van der Waals surface area contributed by atoms with Crippen LogP contribution in [0.5, 0.6) is 0 Å². The highest BCUT2D eigenvalue weighted by atomic mass is 16.4. The molecule has 2 fully saturated rings. The molecule has 0 atom stereocenters. The van der Waals surface area contributed by atoms with Crippen molar-refractivity contribution < 1.29 is 14.7 Å². The molecule has 2 rings (SSSR count).